The van der Waals surface area contributed by atoms with Crippen LogP contribution < -0.4 is 16.2 Å². The summed E-state index contributed by atoms with van der Waals surface area (Å²) in [5, 5.41) is 8.27. The van der Waals surface area contributed by atoms with Crippen molar-refractivity contribution in [3.63, 3.8) is 0 Å². The van der Waals surface area contributed by atoms with Gasteiger partial charge in [0.15, 0.2) is 5.82 Å². The van der Waals surface area contributed by atoms with Gasteiger partial charge in [-0.15, -0.1) is 0 Å². The van der Waals surface area contributed by atoms with E-state index in [2.05, 4.69) is 20.6 Å². The first-order valence-electron chi connectivity index (χ1n) is 9.67. The Bertz CT molecular complexity index is 1280. The summed E-state index contributed by atoms with van der Waals surface area (Å²) < 4.78 is 1.75. The Hall–Kier alpha value is -3.03. The maximum Gasteiger partial charge on any atom is 0.263 e. The Morgan fingerprint density at radius 1 is 1.10 bits per heavy atom. The fraction of sp³-hybridized carbons (Fsp3) is 0.174. The SMILES string of the molecule is CNc1ncc(Cl)c(N[C@@H](C)c2cc3cccc(C)c3c(=O)n2-c2ccccc2)n1.S. The Morgan fingerprint density at radius 2 is 1.84 bits per heavy atom. The van der Waals surface area contributed by atoms with Crippen molar-refractivity contribution in [1.29, 1.82) is 0 Å². The highest BCUT2D eigenvalue weighted by Gasteiger charge is 2.18. The monoisotopic (exact) mass is 453 g/mol. The van der Waals surface area contributed by atoms with Gasteiger partial charge in [0.2, 0.25) is 5.95 Å². The lowest BCUT2D eigenvalue weighted by Crippen LogP contribution is -2.26. The molecule has 0 unspecified atom stereocenters. The van der Waals surface area contributed by atoms with E-state index in [4.69, 9.17) is 11.6 Å². The average molecular weight is 454 g/mol. The molecule has 0 radical (unpaired) electrons. The van der Waals surface area contributed by atoms with Gasteiger partial charge in [0.1, 0.15) is 5.02 Å². The Balaban J connectivity index is 0.00000272. The van der Waals surface area contributed by atoms with Gasteiger partial charge in [-0.3, -0.25) is 9.36 Å². The molecule has 4 rings (SSSR count). The molecule has 0 aliphatic rings. The third-order valence-corrected chi connectivity index (χ3v) is 5.34. The summed E-state index contributed by atoms with van der Waals surface area (Å²) >= 11 is 6.30. The number of fused-ring (bicyclic) bond motifs is 1. The summed E-state index contributed by atoms with van der Waals surface area (Å²) in [5.74, 6) is 0.962. The van der Waals surface area contributed by atoms with Crippen molar-refractivity contribution in [2.45, 2.75) is 19.9 Å². The predicted molar refractivity (Wildman–Crippen MR) is 133 cm³/mol. The van der Waals surface area contributed by atoms with Gasteiger partial charge >= 0.3 is 0 Å². The molecule has 8 heteroatoms. The van der Waals surface area contributed by atoms with E-state index in [1.807, 2.05) is 68.4 Å². The van der Waals surface area contributed by atoms with Gasteiger partial charge in [-0.25, -0.2) is 4.98 Å². The summed E-state index contributed by atoms with van der Waals surface area (Å²) in [5.41, 5.74) is 2.52. The third kappa shape index (κ3) is 4.38. The number of nitrogens with one attached hydrogen (secondary N) is 2. The van der Waals surface area contributed by atoms with E-state index in [0.717, 1.165) is 27.7 Å². The first-order valence-corrected chi connectivity index (χ1v) is 10.0. The summed E-state index contributed by atoms with van der Waals surface area (Å²) in [6.45, 7) is 3.94. The number of pyridine rings is 1. The number of nitrogens with zero attached hydrogens (tertiary/aromatic N) is 3. The molecule has 0 bridgehead atoms. The number of hydrogen-bond donors (Lipinski definition) is 2. The zero-order valence-corrected chi connectivity index (χ0v) is 19.2. The molecule has 2 heterocycles. The molecule has 2 aromatic heterocycles. The molecule has 1 atom stereocenters. The third-order valence-electron chi connectivity index (χ3n) is 5.06. The molecule has 31 heavy (non-hydrogen) atoms. The first-order chi connectivity index (χ1) is 14.5. The van der Waals surface area contributed by atoms with Crippen LogP contribution in [0.5, 0.6) is 0 Å². The van der Waals surface area contributed by atoms with E-state index in [0.29, 0.717) is 16.8 Å². The Kier molecular flexibility index (Phi) is 6.87. The highest BCUT2D eigenvalue weighted by molar-refractivity contribution is 7.59. The Morgan fingerprint density at radius 3 is 2.55 bits per heavy atom. The van der Waals surface area contributed by atoms with Crippen molar-refractivity contribution < 1.29 is 0 Å². The van der Waals surface area contributed by atoms with E-state index < -0.39 is 0 Å². The van der Waals surface area contributed by atoms with Crippen LogP contribution in [-0.4, -0.2) is 21.6 Å². The zero-order valence-electron chi connectivity index (χ0n) is 17.5. The fourth-order valence-electron chi connectivity index (χ4n) is 3.59. The topological polar surface area (TPSA) is 71.8 Å². The minimum atomic E-state index is -0.250. The minimum Gasteiger partial charge on any atom is -0.361 e. The molecule has 2 N–H and O–H groups in total. The number of benzene rings is 2. The van der Waals surface area contributed by atoms with Gasteiger partial charge in [0, 0.05) is 18.4 Å². The van der Waals surface area contributed by atoms with Crippen LogP contribution in [-0.2, 0) is 0 Å². The largest absolute Gasteiger partial charge is 0.361 e. The molecule has 6 nitrogen and oxygen atoms in total. The molecular weight excluding hydrogens is 430 g/mol. The quantitative estimate of drug-likeness (QED) is 0.441. The van der Waals surface area contributed by atoms with E-state index in [9.17, 15) is 4.79 Å². The van der Waals surface area contributed by atoms with Crippen LogP contribution in [0, 0.1) is 6.92 Å². The van der Waals surface area contributed by atoms with Crippen LogP contribution in [0.25, 0.3) is 16.5 Å². The van der Waals surface area contributed by atoms with Crippen LogP contribution in [0.1, 0.15) is 24.2 Å². The van der Waals surface area contributed by atoms with E-state index >= 15 is 0 Å². The van der Waals surface area contributed by atoms with Gasteiger partial charge in [-0.1, -0.05) is 48.0 Å². The van der Waals surface area contributed by atoms with Crippen LogP contribution in [0.3, 0.4) is 0 Å². The maximum atomic E-state index is 13.6. The van der Waals surface area contributed by atoms with Crippen LogP contribution in [0.15, 0.2) is 65.6 Å². The summed E-state index contributed by atoms with van der Waals surface area (Å²) in [7, 11) is 1.75. The molecule has 4 aromatic rings. The molecule has 0 aliphatic carbocycles. The van der Waals surface area contributed by atoms with Gasteiger partial charge in [0.05, 0.1) is 17.6 Å². The highest BCUT2D eigenvalue weighted by atomic mass is 35.5. The Labute approximate surface area is 192 Å². The molecule has 0 amide bonds. The molecule has 0 spiro atoms. The van der Waals surface area contributed by atoms with Gasteiger partial charge < -0.3 is 10.6 Å². The zero-order chi connectivity index (χ0) is 21.3. The van der Waals surface area contributed by atoms with Gasteiger partial charge in [-0.2, -0.15) is 18.5 Å². The minimum absolute atomic E-state index is 0. The van der Waals surface area contributed by atoms with Crippen molar-refractivity contribution in [2.75, 3.05) is 17.7 Å². The summed E-state index contributed by atoms with van der Waals surface area (Å²) in [6, 6.07) is 17.3. The lowest BCUT2D eigenvalue weighted by atomic mass is 10.0. The fourth-order valence-corrected chi connectivity index (χ4v) is 3.73. The molecule has 2 aromatic carbocycles. The van der Waals surface area contributed by atoms with Gasteiger partial charge in [-0.05, 0) is 43.0 Å². The number of halogens is 1. The number of aryl methyl sites for hydroxylation is 1. The van der Waals surface area contributed by atoms with Crippen molar-refractivity contribution >= 4 is 47.6 Å². The number of para-hydroxylation sites is 1. The lowest BCUT2D eigenvalue weighted by Gasteiger charge is -2.22. The smallest absolute Gasteiger partial charge is 0.263 e. The summed E-state index contributed by atoms with van der Waals surface area (Å²) in [4.78, 5) is 22.1. The molecule has 160 valence electrons. The lowest BCUT2D eigenvalue weighted by molar-refractivity contribution is 0.773. The van der Waals surface area contributed by atoms with Crippen molar-refractivity contribution in [2.24, 2.45) is 0 Å². The first kappa shape index (κ1) is 22.7. The molecule has 0 saturated carbocycles. The van der Waals surface area contributed by atoms with Crippen molar-refractivity contribution in [1.82, 2.24) is 14.5 Å². The second-order valence-electron chi connectivity index (χ2n) is 7.09. The van der Waals surface area contributed by atoms with Crippen LogP contribution in [0.4, 0.5) is 11.8 Å². The standard InChI is InChI=1S/C23H22ClN5O.H2S/c1-14-8-7-9-16-12-19(15(2)27-21-18(24)13-26-23(25-3)28-21)29(22(30)20(14)16)17-10-5-4-6-11-17;/h4-13,15H,1-3H3,(H2,25,26,27,28);1H2/t15-;/m0./s1. The second kappa shape index (κ2) is 9.41. The maximum absolute atomic E-state index is 13.6. The van der Waals surface area contributed by atoms with E-state index in [1.165, 1.54) is 0 Å². The van der Waals surface area contributed by atoms with Crippen molar-refractivity contribution in [3.05, 3.63) is 87.4 Å². The number of hydrogen-bond acceptors (Lipinski definition) is 5. The van der Waals surface area contributed by atoms with Gasteiger partial charge in [0.25, 0.3) is 5.56 Å². The normalized spacial score (nSPS) is 11.6. The van der Waals surface area contributed by atoms with E-state index in [-0.39, 0.29) is 25.1 Å². The molecule has 0 saturated heterocycles. The summed E-state index contributed by atoms with van der Waals surface area (Å²) in [6.07, 6.45) is 1.55. The van der Waals surface area contributed by atoms with Crippen molar-refractivity contribution in [3.8, 4) is 5.69 Å². The number of anilines is 2. The van der Waals surface area contributed by atoms with Crippen LogP contribution >= 0.6 is 25.1 Å². The van der Waals surface area contributed by atoms with Crippen LogP contribution in [0.2, 0.25) is 5.02 Å². The second-order valence-corrected chi connectivity index (χ2v) is 7.50. The van der Waals surface area contributed by atoms with E-state index in [1.54, 1.807) is 17.8 Å². The average Bonchev–Trinajstić information content (AvgIpc) is 2.75. The number of rotatable bonds is 5. The number of aromatic nitrogens is 3. The highest BCUT2D eigenvalue weighted by Crippen LogP contribution is 2.27. The molecule has 0 aliphatic heterocycles. The molecular formula is C23H24ClN5OS. The predicted octanol–water partition coefficient (Wildman–Crippen LogP) is 5.07. The molecule has 0 fully saturated rings.